The Hall–Kier alpha value is -4.50. The molecule has 1 N–H and O–H groups in total. The van der Waals surface area contributed by atoms with Gasteiger partial charge in [0.1, 0.15) is 12.7 Å². The molecule has 184 valence electrons. The summed E-state index contributed by atoms with van der Waals surface area (Å²) >= 11 is 0. The maximum Gasteiger partial charge on any atom is 0.338 e. The average molecular weight is 490 g/mol. The van der Waals surface area contributed by atoms with Crippen molar-refractivity contribution in [2.24, 2.45) is 0 Å². The fourth-order valence-corrected chi connectivity index (χ4v) is 3.68. The van der Waals surface area contributed by atoms with Crippen LogP contribution in [0.5, 0.6) is 0 Å². The van der Waals surface area contributed by atoms with E-state index in [0.29, 0.717) is 0 Å². The molecule has 4 atom stereocenters. The van der Waals surface area contributed by atoms with Crippen molar-refractivity contribution < 1.29 is 43.2 Å². The van der Waals surface area contributed by atoms with Crippen LogP contribution in [0.15, 0.2) is 91.0 Å². The van der Waals surface area contributed by atoms with Crippen molar-refractivity contribution in [3.63, 3.8) is 0 Å². The van der Waals surface area contributed by atoms with Gasteiger partial charge in [-0.2, -0.15) is 0 Å². The molecule has 1 aliphatic heterocycles. The smallest absolute Gasteiger partial charge is 0.338 e. The number of carbonyl (C=O) groups is 4. The summed E-state index contributed by atoms with van der Waals surface area (Å²) in [7, 11) is 0. The molecule has 1 fully saturated rings. The summed E-state index contributed by atoms with van der Waals surface area (Å²) in [6, 6.07) is 24.1. The summed E-state index contributed by atoms with van der Waals surface area (Å²) in [6.45, 7) is -0.441. The van der Waals surface area contributed by atoms with Crippen molar-refractivity contribution >= 4 is 23.9 Å². The Bertz CT molecular complexity index is 1210. The fourth-order valence-electron chi connectivity index (χ4n) is 3.68. The molecule has 0 radical (unpaired) electrons. The highest BCUT2D eigenvalue weighted by Gasteiger charge is 2.53. The number of aliphatic carboxylic acids is 1. The molecule has 0 aromatic heterocycles. The normalized spacial score (nSPS) is 20.8. The summed E-state index contributed by atoms with van der Waals surface area (Å²) < 4.78 is 21.9. The van der Waals surface area contributed by atoms with Crippen LogP contribution in [0.4, 0.5) is 0 Å². The molecule has 0 spiro atoms. The number of hydrogen-bond acceptors (Lipinski definition) is 8. The number of carbonyl (C=O) groups excluding carboxylic acids is 3. The van der Waals surface area contributed by atoms with Crippen LogP contribution in [0.1, 0.15) is 31.1 Å². The van der Waals surface area contributed by atoms with E-state index in [1.807, 2.05) is 0 Å². The van der Waals surface area contributed by atoms with Gasteiger partial charge >= 0.3 is 23.9 Å². The van der Waals surface area contributed by atoms with Crippen LogP contribution in [0.25, 0.3) is 0 Å². The highest BCUT2D eigenvalue weighted by molar-refractivity contribution is 5.91. The topological polar surface area (TPSA) is 125 Å². The number of carboxylic acid groups (broad SMARTS) is 1. The minimum absolute atomic E-state index is 0.175. The Balaban J connectivity index is 1.58. The van der Waals surface area contributed by atoms with E-state index >= 15 is 0 Å². The van der Waals surface area contributed by atoms with E-state index in [1.54, 1.807) is 66.7 Å². The second kappa shape index (κ2) is 11.3. The van der Waals surface area contributed by atoms with E-state index in [0.717, 1.165) is 0 Å². The second-order valence-corrected chi connectivity index (χ2v) is 7.87. The Labute approximate surface area is 206 Å². The van der Waals surface area contributed by atoms with Gasteiger partial charge in [-0.3, -0.25) is 0 Å². The summed E-state index contributed by atoms with van der Waals surface area (Å²) in [5.41, 5.74) is 0.647. The molecule has 4 rings (SSSR count). The van der Waals surface area contributed by atoms with Gasteiger partial charge in [-0.25, -0.2) is 19.2 Å². The van der Waals surface area contributed by atoms with Gasteiger partial charge in [0, 0.05) is 0 Å². The maximum atomic E-state index is 12.8. The van der Waals surface area contributed by atoms with Crippen LogP contribution in [0.3, 0.4) is 0 Å². The zero-order valence-corrected chi connectivity index (χ0v) is 18.9. The number of rotatable bonds is 8. The zero-order valence-electron chi connectivity index (χ0n) is 18.9. The molecule has 0 bridgehead atoms. The molecule has 9 nitrogen and oxygen atoms in total. The second-order valence-electron chi connectivity index (χ2n) is 7.87. The van der Waals surface area contributed by atoms with Crippen molar-refractivity contribution in [2.75, 3.05) is 6.61 Å². The predicted molar refractivity (Wildman–Crippen MR) is 124 cm³/mol. The molecule has 1 saturated heterocycles. The van der Waals surface area contributed by atoms with Crippen molar-refractivity contribution in [3.05, 3.63) is 108 Å². The third-order valence-corrected chi connectivity index (χ3v) is 5.45. The van der Waals surface area contributed by atoms with Crippen LogP contribution in [-0.4, -0.2) is 60.0 Å². The Morgan fingerprint density at radius 2 is 1.06 bits per heavy atom. The average Bonchev–Trinajstić information content (AvgIpc) is 3.25. The van der Waals surface area contributed by atoms with Gasteiger partial charge in [0.05, 0.1) is 16.7 Å². The van der Waals surface area contributed by atoms with Crippen LogP contribution < -0.4 is 0 Å². The molecular weight excluding hydrogens is 468 g/mol. The first-order valence-corrected chi connectivity index (χ1v) is 11.1. The molecule has 0 amide bonds. The number of esters is 3. The van der Waals surface area contributed by atoms with Crippen molar-refractivity contribution in [1.82, 2.24) is 0 Å². The van der Waals surface area contributed by atoms with Gasteiger partial charge in [0.15, 0.2) is 18.3 Å². The number of carboxylic acids is 1. The lowest BCUT2D eigenvalue weighted by atomic mass is 10.1. The molecule has 1 heterocycles. The monoisotopic (exact) mass is 490 g/mol. The Morgan fingerprint density at radius 3 is 1.50 bits per heavy atom. The van der Waals surface area contributed by atoms with E-state index in [2.05, 4.69) is 0 Å². The Morgan fingerprint density at radius 1 is 0.639 bits per heavy atom. The molecular formula is C27H22O9. The molecule has 9 heteroatoms. The van der Waals surface area contributed by atoms with Crippen LogP contribution in [0, 0.1) is 0 Å². The van der Waals surface area contributed by atoms with Gasteiger partial charge in [-0.1, -0.05) is 54.6 Å². The van der Waals surface area contributed by atoms with Crippen LogP contribution in [-0.2, 0) is 23.7 Å². The molecule has 4 unspecified atom stereocenters. The fraction of sp³-hybridized carbons (Fsp3) is 0.185. The number of hydrogen-bond donors (Lipinski definition) is 1. The van der Waals surface area contributed by atoms with Crippen LogP contribution in [0.2, 0.25) is 0 Å². The number of ether oxygens (including phenoxy) is 4. The van der Waals surface area contributed by atoms with Gasteiger partial charge in [0.2, 0.25) is 0 Å². The highest BCUT2D eigenvalue weighted by atomic mass is 16.7. The SMILES string of the molecule is O=C(OCC1OC(C(=O)O)C(OC(=O)c2ccccc2)C1OC(=O)c1ccccc1)c1ccccc1. The highest BCUT2D eigenvalue weighted by Crippen LogP contribution is 2.29. The summed E-state index contributed by atoms with van der Waals surface area (Å²) in [5, 5.41) is 9.74. The molecule has 1 aliphatic rings. The largest absolute Gasteiger partial charge is 0.479 e. The minimum atomic E-state index is -1.66. The zero-order chi connectivity index (χ0) is 25.5. The molecule has 0 aliphatic carbocycles. The van der Waals surface area contributed by atoms with Crippen molar-refractivity contribution in [3.8, 4) is 0 Å². The quantitative estimate of drug-likeness (QED) is 0.374. The van der Waals surface area contributed by atoms with Crippen LogP contribution >= 0.6 is 0 Å². The third kappa shape index (κ3) is 5.76. The molecule has 3 aromatic rings. The molecule has 3 aromatic carbocycles. The summed E-state index contributed by atoms with van der Waals surface area (Å²) in [4.78, 5) is 49.9. The predicted octanol–water partition coefficient (Wildman–Crippen LogP) is 3.15. The maximum absolute atomic E-state index is 12.8. The first-order valence-electron chi connectivity index (χ1n) is 11.1. The van der Waals surface area contributed by atoms with Crippen molar-refractivity contribution in [2.45, 2.75) is 24.4 Å². The Kier molecular flexibility index (Phi) is 7.72. The first-order chi connectivity index (χ1) is 17.4. The third-order valence-electron chi connectivity index (χ3n) is 5.45. The van der Waals surface area contributed by atoms with E-state index in [4.69, 9.17) is 18.9 Å². The summed E-state index contributed by atoms with van der Waals surface area (Å²) in [6.07, 6.45) is -5.73. The van der Waals surface area contributed by atoms with Gasteiger partial charge in [-0.05, 0) is 36.4 Å². The molecule has 36 heavy (non-hydrogen) atoms. The van der Waals surface area contributed by atoms with Gasteiger partial charge < -0.3 is 24.1 Å². The first kappa shape index (κ1) is 24.6. The van der Waals surface area contributed by atoms with E-state index in [9.17, 15) is 24.3 Å². The van der Waals surface area contributed by atoms with E-state index < -0.39 is 54.9 Å². The lowest BCUT2D eigenvalue weighted by Gasteiger charge is -2.23. The number of benzene rings is 3. The van der Waals surface area contributed by atoms with Gasteiger partial charge in [0.25, 0.3) is 0 Å². The minimum Gasteiger partial charge on any atom is -0.479 e. The summed E-state index contributed by atoms with van der Waals surface area (Å²) in [5.74, 6) is -3.71. The van der Waals surface area contributed by atoms with Crippen molar-refractivity contribution in [1.29, 1.82) is 0 Å². The van der Waals surface area contributed by atoms with Gasteiger partial charge in [-0.15, -0.1) is 0 Å². The lowest BCUT2D eigenvalue weighted by Crippen LogP contribution is -2.43. The van der Waals surface area contributed by atoms with E-state index in [-0.39, 0.29) is 16.7 Å². The molecule has 0 saturated carbocycles. The lowest BCUT2D eigenvalue weighted by molar-refractivity contribution is -0.154. The standard InChI is InChI=1S/C27H22O9/c28-24(29)23-22(36-27(32)19-14-8-3-9-15-19)21(35-26(31)18-12-6-2-7-13-18)20(34-23)16-33-25(30)17-10-4-1-5-11-17/h1-15,20-23H,16H2,(H,28,29). The van der Waals surface area contributed by atoms with E-state index in [1.165, 1.54) is 24.3 Å².